The summed E-state index contributed by atoms with van der Waals surface area (Å²) in [6.07, 6.45) is 1.75. The minimum absolute atomic E-state index is 0.129. The molecule has 1 aliphatic rings. The number of piperidine rings is 1. The van der Waals surface area contributed by atoms with Gasteiger partial charge in [0.2, 0.25) is 4.77 Å². The van der Waals surface area contributed by atoms with Gasteiger partial charge >= 0.3 is 5.97 Å². The minimum Gasteiger partial charge on any atom is -0.466 e. The fourth-order valence-electron chi connectivity index (χ4n) is 3.92. The maximum Gasteiger partial charge on any atom is 0.310 e. The fraction of sp³-hybridized carbons (Fsp3) is 0.348. The van der Waals surface area contributed by atoms with Crippen molar-refractivity contribution >= 4 is 18.2 Å². The molecule has 31 heavy (non-hydrogen) atoms. The van der Waals surface area contributed by atoms with Crippen LogP contribution in [-0.2, 0) is 16.2 Å². The lowest BCUT2D eigenvalue weighted by atomic mass is 9.99. The van der Waals surface area contributed by atoms with Crippen molar-refractivity contribution in [3.63, 3.8) is 0 Å². The van der Waals surface area contributed by atoms with Gasteiger partial charge in [0, 0.05) is 17.8 Å². The van der Waals surface area contributed by atoms with Crippen LogP contribution in [0.4, 0.5) is 4.39 Å². The van der Waals surface area contributed by atoms with Gasteiger partial charge in [0.15, 0.2) is 5.82 Å². The van der Waals surface area contributed by atoms with E-state index in [2.05, 4.69) is 4.90 Å². The standard InChI is InChI=1S/C23H25FN4O2S/c1-2-30-22(29)18-7-6-14-26(15-18)16-27-23(31)28(20-8-4-3-5-9-20)21(25-27)17-10-12-19(24)13-11-17/h3-5,8-13,18H,2,6-7,14-16H2,1H3/t18-/m1/s1. The highest BCUT2D eigenvalue weighted by molar-refractivity contribution is 7.71. The number of esters is 1. The largest absolute Gasteiger partial charge is 0.466 e. The zero-order valence-electron chi connectivity index (χ0n) is 17.4. The molecule has 0 amide bonds. The van der Waals surface area contributed by atoms with Gasteiger partial charge in [0.1, 0.15) is 5.82 Å². The summed E-state index contributed by atoms with van der Waals surface area (Å²) in [5.41, 5.74) is 1.67. The lowest BCUT2D eigenvalue weighted by molar-refractivity contribution is -0.150. The van der Waals surface area contributed by atoms with Crippen LogP contribution in [0.1, 0.15) is 19.8 Å². The maximum absolute atomic E-state index is 13.5. The molecule has 0 unspecified atom stereocenters. The lowest BCUT2D eigenvalue weighted by Crippen LogP contribution is -2.40. The first-order valence-electron chi connectivity index (χ1n) is 10.5. The number of hydrogen-bond acceptors (Lipinski definition) is 5. The summed E-state index contributed by atoms with van der Waals surface area (Å²) in [5, 5.41) is 4.78. The Balaban J connectivity index is 1.66. The van der Waals surface area contributed by atoms with Crippen molar-refractivity contribution in [2.24, 2.45) is 5.92 Å². The number of carbonyl (C=O) groups excluding carboxylic acids is 1. The lowest BCUT2D eigenvalue weighted by Gasteiger charge is -2.31. The van der Waals surface area contributed by atoms with Crippen LogP contribution in [0.15, 0.2) is 54.6 Å². The predicted molar refractivity (Wildman–Crippen MR) is 119 cm³/mol. The highest BCUT2D eigenvalue weighted by atomic mass is 32.1. The Kier molecular flexibility index (Phi) is 6.58. The summed E-state index contributed by atoms with van der Waals surface area (Å²) in [6, 6.07) is 16.0. The molecule has 0 N–H and O–H groups in total. The van der Waals surface area contributed by atoms with Crippen molar-refractivity contribution in [2.75, 3.05) is 19.7 Å². The molecule has 3 aromatic rings. The van der Waals surface area contributed by atoms with Gasteiger partial charge in [-0.3, -0.25) is 14.3 Å². The average molecular weight is 441 g/mol. The Morgan fingerprint density at radius 3 is 2.65 bits per heavy atom. The van der Waals surface area contributed by atoms with Gasteiger partial charge in [0.05, 0.1) is 19.2 Å². The molecule has 162 valence electrons. The second kappa shape index (κ2) is 9.53. The number of carbonyl (C=O) groups is 1. The summed E-state index contributed by atoms with van der Waals surface area (Å²) in [4.78, 5) is 14.4. The Hall–Kier alpha value is -2.84. The highest BCUT2D eigenvalue weighted by Crippen LogP contribution is 2.24. The Bertz CT molecular complexity index is 1100. The van der Waals surface area contributed by atoms with Crippen molar-refractivity contribution in [1.82, 2.24) is 19.2 Å². The molecule has 0 radical (unpaired) electrons. The number of benzene rings is 2. The molecule has 2 heterocycles. The second-order valence-corrected chi connectivity index (χ2v) is 7.96. The number of halogens is 1. The fourth-order valence-corrected chi connectivity index (χ4v) is 4.21. The Morgan fingerprint density at radius 1 is 1.19 bits per heavy atom. The van der Waals surface area contributed by atoms with Crippen molar-refractivity contribution in [2.45, 2.75) is 26.4 Å². The van der Waals surface area contributed by atoms with E-state index in [0.717, 1.165) is 30.6 Å². The molecule has 4 rings (SSSR count). The molecule has 0 bridgehead atoms. The van der Waals surface area contributed by atoms with Crippen LogP contribution in [0.25, 0.3) is 17.1 Å². The number of aromatic nitrogens is 3. The first-order chi connectivity index (χ1) is 15.1. The van der Waals surface area contributed by atoms with Gasteiger partial charge < -0.3 is 4.74 Å². The van der Waals surface area contributed by atoms with Crippen LogP contribution in [0.5, 0.6) is 0 Å². The molecule has 1 saturated heterocycles. The van der Waals surface area contributed by atoms with Gasteiger partial charge in [0.25, 0.3) is 0 Å². The molecular weight excluding hydrogens is 415 g/mol. The molecule has 0 aliphatic carbocycles. The van der Waals surface area contributed by atoms with Gasteiger partial charge in [-0.15, -0.1) is 5.10 Å². The summed E-state index contributed by atoms with van der Waals surface area (Å²) < 4.78 is 22.9. The number of para-hydroxylation sites is 1. The number of nitrogens with zero attached hydrogens (tertiary/aromatic N) is 4. The van der Waals surface area contributed by atoms with Crippen LogP contribution >= 0.6 is 12.2 Å². The van der Waals surface area contributed by atoms with Crippen LogP contribution in [0.2, 0.25) is 0 Å². The van der Waals surface area contributed by atoms with Crippen molar-refractivity contribution < 1.29 is 13.9 Å². The second-order valence-electron chi connectivity index (χ2n) is 7.59. The van der Waals surface area contributed by atoms with Gasteiger partial charge in [-0.1, -0.05) is 18.2 Å². The minimum atomic E-state index is -0.300. The first-order valence-corrected chi connectivity index (χ1v) is 10.9. The van der Waals surface area contributed by atoms with Crippen LogP contribution in [0, 0.1) is 16.5 Å². The monoisotopic (exact) mass is 440 g/mol. The highest BCUT2D eigenvalue weighted by Gasteiger charge is 2.27. The molecule has 0 spiro atoms. The maximum atomic E-state index is 13.5. The van der Waals surface area contributed by atoms with Gasteiger partial charge in [-0.25, -0.2) is 9.07 Å². The Labute approximate surface area is 185 Å². The topological polar surface area (TPSA) is 52.3 Å². The van der Waals surface area contributed by atoms with E-state index < -0.39 is 0 Å². The summed E-state index contributed by atoms with van der Waals surface area (Å²) >= 11 is 5.78. The van der Waals surface area contributed by atoms with Crippen LogP contribution in [0.3, 0.4) is 0 Å². The van der Waals surface area contributed by atoms with E-state index in [1.165, 1.54) is 12.1 Å². The van der Waals surface area contributed by atoms with E-state index in [1.54, 1.807) is 16.8 Å². The van der Waals surface area contributed by atoms with Gasteiger partial charge in [-0.05, 0) is 74.9 Å². The van der Waals surface area contributed by atoms with Gasteiger partial charge in [-0.2, -0.15) is 0 Å². The first kappa shape index (κ1) is 21.4. The molecule has 8 heteroatoms. The van der Waals surface area contributed by atoms with Crippen LogP contribution in [-0.4, -0.2) is 44.9 Å². The number of ether oxygens (including phenoxy) is 1. The molecule has 6 nitrogen and oxygen atoms in total. The van der Waals surface area contributed by atoms with E-state index in [-0.39, 0.29) is 17.7 Å². The SMILES string of the molecule is CCOC(=O)[C@@H]1CCCN(Cn2nc(-c3ccc(F)cc3)n(-c3ccccc3)c2=S)C1. The molecule has 1 fully saturated rings. The van der Waals surface area contributed by atoms with Crippen molar-refractivity contribution in [3.8, 4) is 17.1 Å². The van der Waals surface area contributed by atoms with E-state index >= 15 is 0 Å². The smallest absolute Gasteiger partial charge is 0.310 e. The molecule has 2 aromatic carbocycles. The summed E-state index contributed by atoms with van der Waals surface area (Å²) in [7, 11) is 0. The normalized spacial score (nSPS) is 16.9. The van der Waals surface area contributed by atoms with E-state index in [1.807, 2.05) is 41.8 Å². The summed E-state index contributed by atoms with van der Waals surface area (Å²) in [6.45, 7) is 4.17. The molecule has 0 saturated carbocycles. The third-order valence-electron chi connectivity index (χ3n) is 5.42. The van der Waals surface area contributed by atoms with Crippen molar-refractivity contribution in [1.29, 1.82) is 0 Å². The molecule has 1 aromatic heterocycles. The number of hydrogen-bond donors (Lipinski definition) is 0. The predicted octanol–water partition coefficient (Wildman–Crippen LogP) is 4.44. The molecular formula is C23H25FN4O2S. The zero-order chi connectivity index (χ0) is 21.8. The average Bonchev–Trinajstić information content (AvgIpc) is 3.11. The van der Waals surface area contributed by atoms with E-state index in [0.29, 0.717) is 30.4 Å². The van der Waals surface area contributed by atoms with E-state index in [4.69, 9.17) is 22.1 Å². The van der Waals surface area contributed by atoms with Crippen LogP contribution < -0.4 is 0 Å². The third kappa shape index (κ3) is 4.75. The zero-order valence-corrected chi connectivity index (χ0v) is 18.2. The number of likely N-dealkylation sites (tertiary alicyclic amines) is 1. The molecule has 1 atom stereocenters. The Morgan fingerprint density at radius 2 is 1.94 bits per heavy atom. The third-order valence-corrected chi connectivity index (χ3v) is 5.81. The summed E-state index contributed by atoms with van der Waals surface area (Å²) in [5.74, 6) is 0.0785. The number of rotatable bonds is 6. The molecule has 1 aliphatic heterocycles. The van der Waals surface area contributed by atoms with Crippen molar-refractivity contribution in [3.05, 3.63) is 65.2 Å². The quantitative estimate of drug-likeness (QED) is 0.419. The van der Waals surface area contributed by atoms with E-state index in [9.17, 15) is 9.18 Å².